The van der Waals surface area contributed by atoms with E-state index in [-0.39, 0.29) is 130 Å². The number of benzene rings is 3. The molecular formula is C119H173F9N2O12. The fourth-order valence-electron chi connectivity index (χ4n) is 38.3. The van der Waals surface area contributed by atoms with Gasteiger partial charge < -0.3 is 49.2 Å². The van der Waals surface area contributed by atoms with Gasteiger partial charge in [0, 0.05) is 91.6 Å². The van der Waals surface area contributed by atoms with Crippen LogP contribution in [-0.2, 0) is 57.6 Å². The monoisotopic (exact) mass is 1990 g/mol. The molecule has 3 aromatic rings. The number of carbonyl (C=O) groups excluding carboxylic acids is 4. The summed E-state index contributed by atoms with van der Waals surface area (Å²) in [6.45, 7) is 17.9. The molecule has 0 spiro atoms. The van der Waals surface area contributed by atoms with E-state index >= 15 is 0 Å². The van der Waals surface area contributed by atoms with Crippen molar-refractivity contribution in [2.24, 2.45) is 168 Å². The summed E-state index contributed by atoms with van der Waals surface area (Å²) in [7, 11) is 8.87. The Kier molecular flexibility index (Phi) is 31.7. The van der Waals surface area contributed by atoms with E-state index in [0.29, 0.717) is 173 Å². The standard InChI is InChI=1S/C31H47NO3.C30H42F3NO3.C29H45F3O3.C29H39F3O3/c1-5-35-21-31(34)18-17-29(2)23(19-31)11-12-24-25-13-14-27(30(25,3)16-15-26(24)29)28(33)32(4)20-22-9-7-6-8-10-22;1-27-14-13-24-22(10-9-21-17-29(36,30(31,32)33)16-15-28(21,24)19-37-3)23(27)11-12-25(27)26(35)34(2)18-20-7-5-4-6-8-20;2*1-26-13-12-23-21(22(26)10-11-24(26)25(33)16-19-6-4-3-5-7-19)9-8-20-17-28(34,29(30,31)32)15-14-27(20,23)18-35-2/h6-10,23-27,34H,5,11-21H2,1-4H3;4-8,21-25,36H,9-19H2,1-3H3;19-24,34H,3-18H2,1-2H3;3-7,20-24,34H,8-18H2,1-2H3/t23-,24+,25+,26+,27-,29+,30+,31-;21-,22+,23+,24+,25-,27+,28-,29-;2*20-,21+,22+,23+,24-,26+,27-,28-/m1111/s1. The van der Waals surface area contributed by atoms with Crippen LogP contribution < -0.4 is 0 Å². The molecule has 0 heterocycles. The first-order chi connectivity index (χ1) is 67.2. The van der Waals surface area contributed by atoms with E-state index in [1.54, 1.807) is 21.3 Å². The van der Waals surface area contributed by atoms with Crippen LogP contribution in [0, 0.1) is 168 Å². The third-order valence-electron chi connectivity index (χ3n) is 45.6. The van der Waals surface area contributed by atoms with Gasteiger partial charge >= 0.3 is 18.5 Å². The molecule has 17 saturated carbocycles. The molecule has 3 aromatic carbocycles. The van der Waals surface area contributed by atoms with E-state index in [1.165, 1.54) is 69.8 Å². The maximum absolute atomic E-state index is 13.8. The van der Waals surface area contributed by atoms with E-state index in [4.69, 9.17) is 18.9 Å². The Hall–Kier alpha value is -5.01. The van der Waals surface area contributed by atoms with Crippen molar-refractivity contribution in [2.45, 2.75) is 372 Å². The third kappa shape index (κ3) is 19.7. The Morgan fingerprint density at radius 2 is 0.662 bits per heavy atom. The molecule has 0 radical (unpaired) electrons. The molecule has 17 fully saturated rings. The molecule has 0 bridgehead atoms. The highest BCUT2D eigenvalue weighted by atomic mass is 19.4. The first kappa shape index (κ1) is 108. The lowest BCUT2D eigenvalue weighted by Gasteiger charge is -2.62. The second-order valence-electron chi connectivity index (χ2n) is 51.7. The number of amides is 2. The van der Waals surface area contributed by atoms with Gasteiger partial charge in [-0.1, -0.05) is 158 Å². The third-order valence-corrected chi connectivity index (χ3v) is 45.6. The lowest BCUT2D eigenvalue weighted by Crippen LogP contribution is -2.61. The van der Waals surface area contributed by atoms with Crippen molar-refractivity contribution in [3.63, 3.8) is 0 Å². The molecular weight excluding hydrogens is 1820 g/mol. The fraction of sp³-hybridized carbons (Fsp3) is 0.815. The van der Waals surface area contributed by atoms with Gasteiger partial charge in [0.25, 0.3) is 0 Å². The number of methoxy groups -OCH3 is 3. The smallest absolute Gasteiger partial charge is 0.387 e. The molecule has 794 valence electrons. The van der Waals surface area contributed by atoms with Gasteiger partial charge in [-0.05, 0) is 399 Å². The number of alkyl halides is 9. The summed E-state index contributed by atoms with van der Waals surface area (Å²) in [5.74, 6) is 8.15. The maximum atomic E-state index is 13.8. The molecule has 17 aliphatic carbocycles. The number of hydrogen-bond acceptors (Lipinski definition) is 12. The number of rotatable bonds is 21. The molecule has 142 heavy (non-hydrogen) atoms. The maximum Gasteiger partial charge on any atom is 0.417 e. The van der Waals surface area contributed by atoms with Crippen LogP contribution in [0.15, 0.2) is 91.0 Å². The molecule has 4 N–H and O–H groups in total. The first-order valence-electron chi connectivity index (χ1n) is 56.0. The number of hydrogen-bond donors (Lipinski definition) is 4. The highest BCUT2D eigenvalue weighted by Crippen LogP contribution is 2.75. The molecule has 0 aromatic heterocycles. The van der Waals surface area contributed by atoms with Gasteiger partial charge in [-0.25, -0.2) is 0 Å². The van der Waals surface area contributed by atoms with Crippen LogP contribution >= 0.6 is 0 Å². The van der Waals surface area contributed by atoms with Crippen molar-refractivity contribution in [3.8, 4) is 0 Å². The fourth-order valence-corrected chi connectivity index (χ4v) is 38.3. The number of halogens is 9. The highest BCUT2D eigenvalue weighted by molar-refractivity contribution is 5.85. The number of Topliss-reactive ketones (excluding diaryl/α,β-unsaturated/α-hetero) is 2. The predicted octanol–water partition coefficient (Wildman–Crippen LogP) is 25.8. The number of ether oxygens (including phenoxy) is 4. The van der Waals surface area contributed by atoms with Crippen molar-refractivity contribution in [3.05, 3.63) is 108 Å². The van der Waals surface area contributed by atoms with E-state index in [2.05, 4.69) is 58.9 Å². The molecule has 17 aliphatic rings. The average molecular weight is 1990 g/mol. The second-order valence-corrected chi connectivity index (χ2v) is 51.7. The quantitative estimate of drug-likeness (QED) is 0.0739. The summed E-state index contributed by atoms with van der Waals surface area (Å²) in [4.78, 5) is 58.2. The van der Waals surface area contributed by atoms with Crippen LogP contribution in [0.3, 0.4) is 0 Å². The number of aliphatic hydroxyl groups is 4. The minimum atomic E-state index is -4.60. The van der Waals surface area contributed by atoms with Gasteiger partial charge in [0.15, 0.2) is 16.8 Å². The zero-order chi connectivity index (χ0) is 102. The number of carbonyl (C=O) groups is 4. The average Bonchev–Trinajstić information content (AvgIpc) is 1.37. The Morgan fingerprint density at radius 1 is 0.338 bits per heavy atom. The molecule has 2 amide bonds. The summed E-state index contributed by atoms with van der Waals surface area (Å²) in [5.41, 5.74) is -5.46. The van der Waals surface area contributed by atoms with Crippen molar-refractivity contribution >= 4 is 23.4 Å². The minimum absolute atomic E-state index is 0.00932. The first-order valence-corrected chi connectivity index (χ1v) is 56.0. The van der Waals surface area contributed by atoms with E-state index < -0.39 is 40.9 Å². The molecule has 23 heteroatoms. The van der Waals surface area contributed by atoms with Gasteiger partial charge in [0.1, 0.15) is 11.6 Å². The Labute approximate surface area is 842 Å². The van der Waals surface area contributed by atoms with Crippen LogP contribution in [0.25, 0.3) is 0 Å². The van der Waals surface area contributed by atoms with Crippen LogP contribution in [0.2, 0.25) is 0 Å². The number of fused-ring (bicyclic) bond motifs is 20. The van der Waals surface area contributed by atoms with Crippen molar-refractivity contribution in [2.75, 3.05) is 68.5 Å². The normalized spacial score (nSPS) is 43.4. The number of ketones is 2. The predicted molar refractivity (Wildman–Crippen MR) is 531 cm³/mol. The van der Waals surface area contributed by atoms with E-state index in [9.17, 15) is 79.1 Å². The van der Waals surface area contributed by atoms with Gasteiger partial charge in [-0.15, -0.1) is 0 Å². The molecule has 14 nitrogen and oxygen atoms in total. The Bertz CT molecular complexity index is 4790. The Balaban J connectivity index is 0.000000130. The highest BCUT2D eigenvalue weighted by Gasteiger charge is 2.73. The lowest BCUT2D eigenvalue weighted by molar-refractivity contribution is -0.294. The van der Waals surface area contributed by atoms with Crippen LogP contribution in [0.4, 0.5) is 39.5 Å². The van der Waals surface area contributed by atoms with Crippen molar-refractivity contribution in [1.29, 1.82) is 0 Å². The molecule has 0 aliphatic heterocycles. The van der Waals surface area contributed by atoms with Gasteiger partial charge in [0.05, 0.1) is 32.0 Å². The summed E-state index contributed by atoms with van der Waals surface area (Å²) in [6.07, 6.45) is 20.1. The second kappa shape index (κ2) is 41.6. The zero-order valence-corrected chi connectivity index (χ0v) is 87.5. The summed E-state index contributed by atoms with van der Waals surface area (Å²) >= 11 is 0. The SMILES string of the molecule is CCOC[C@@]1(O)CC[C@@]2(C)[C@H](CC[C@@H]3[C@@H]2CC[C@]2(C)[C@@H](C(=O)N(C)Cc4ccccc4)CC[C@@H]32)C1.COC[C@]12CC[C@](O)(C(F)(F)F)C[C@H]1CC[C@H]1[C@@H]3CC[C@H](C(=O)CC4CCCCC4)[C@@]3(C)CC[C@@H]12.COC[C@]12CC[C@](O)(C(F)(F)F)C[C@H]1CC[C@H]1[C@@H]3CC[C@H](C(=O)Cc4ccccc4)[C@@]3(C)CC[C@@H]12.COC[C@]12CC[C@](O)(C(F)(F)F)C[C@H]1CC[C@H]1[C@@H]3CC[C@H](C(=O)N(C)Cc4ccccc4)[C@@]3(C)CC[C@@H]12. The Morgan fingerprint density at radius 3 is 1.02 bits per heavy atom. The van der Waals surface area contributed by atoms with Gasteiger partial charge in [0.2, 0.25) is 11.8 Å². The van der Waals surface area contributed by atoms with Gasteiger partial charge in [-0.3, -0.25) is 19.2 Å². The molecule has 0 saturated heterocycles. The van der Waals surface area contributed by atoms with Crippen LogP contribution in [0.5, 0.6) is 0 Å². The largest absolute Gasteiger partial charge is 0.417 e. The molecule has 32 atom stereocenters. The molecule has 20 rings (SSSR count). The minimum Gasteiger partial charge on any atom is -0.387 e. The molecule has 0 unspecified atom stereocenters. The summed E-state index contributed by atoms with van der Waals surface area (Å²) in [6, 6.07) is 30.4. The van der Waals surface area contributed by atoms with Crippen molar-refractivity contribution in [1.82, 2.24) is 9.80 Å². The topological polar surface area (TPSA) is 193 Å². The van der Waals surface area contributed by atoms with Crippen LogP contribution in [-0.4, -0.2) is 163 Å². The van der Waals surface area contributed by atoms with Crippen molar-refractivity contribution < 1.29 is 98.1 Å². The van der Waals surface area contributed by atoms with Crippen LogP contribution in [0.1, 0.15) is 328 Å². The zero-order valence-electron chi connectivity index (χ0n) is 87.5. The summed E-state index contributed by atoms with van der Waals surface area (Å²) in [5, 5.41) is 42.9. The summed E-state index contributed by atoms with van der Waals surface area (Å²) < 4.78 is 146. The van der Waals surface area contributed by atoms with Gasteiger partial charge in [-0.2, -0.15) is 39.5 Å². The van der Waals surface area contributed by atoms with E-state index in [1.807, 2.05) is 97.5 Å². The van der Waals surface area contributed by atoms with E-state index in [0.717, 1.165) is 158 Å². The lowest BCUT2D eigenvalue weighted by atomic mass is 9.43. The number of nitrogens with zero attached hydrogens (tertiary/aromatic N) is 2.